The zero-order valence-corrected chi connectivity index (χ0v) is 24.6. The molecule has 43 heavy (non-hydrogen) atoms. The molecule has 0 bridgehead atoms. The lowest BCUT2D eigenvalue weighted by molar-refractivity contribution is -0.132. The van der Waals surface area contributed by atoms with Crippen LogP contribution in [0.3, 0.4) is 0 Å². The van der Waals surface area contributed by atoms with Crippen molar-refractivity contribution < 1.29 is 33.3 Å². The Morgan fingerprint density at radius 2 is 1.86 bits per heavy atom. The topological polar surface area (TPSA) is 111 Å². The van der Waals surface area contributed by atoms with E-state index >= 15 is 0 Å². The van der Waals surface area contributed by atoms with Gasteiger partial charge in [-0.25, -0.2) is 4.39 Å². The number of carbonyl (C=O) groups excluding carboxylic acids is 2. The van der Waals surface area contributed by atoms with Crippen LogP contribution in [0.4, 0.5) is 9.52 Å². The van der Waals surface area contributed by atoms with Crippen LogP contribution in [0.25, 0.3) is 5.76 Å². The highest BCUT2D eigenvalue weighted by Crippen LogP contribution is 2.45. The van der Waals surface area contributed by atoms with Crippen LogP contribution in [0.1, 0.15) is 36.1 Å². The van der Waals surface area contributed by atoms with Crippen molar-refractivity contribution in [3.8, 4) is 17.2 Å². The minimum absolute atomic E-state index is 0.0926. The molecule has 9 nitrogen and oxygen atoms in total. The van der Waals surface area contributed by atoms with Crippen molar-refractivity contribution in [3.05, 3.63) is 94.8 Å². The number of aromatic nitrogens is 2. The average Bonchev–Trinajstić information content (AvgIpc) is 3.61. The van der Waals surface area contributed by atoms with Crippen LogP contribution in [0.2, 0.25) is 0 Å². The van der Waals surface area contributed by atoms with Crippen LogP contribution in [0, 0.1) is 5.82 Å². The Labute approximate surface area is 254 Å². The van der Waals surface area contributed by atoms with E-state index in [9.17, 15) is 19.1 Å². The van der Waals surface area contributed by atoms with E-state index < -0.39 is 17.7 Å². The van der Waals surface area contributed by atoms with Gasteiger partial charge in [0.1, 0.15) is 30.5 Å². The number of carbonyl (C=O) groups is 2. The van der Waals surface area contributed by atoms with Gasteiger partial charge in [0.25, 0.3) is 5.78 Å². The highest BCUT2D eigenvalue weighted by Gasteiger charge is 2.48. The van der Waals surface area contributed by atoms with Gasteiger partial charge in [-0.15, -0.1) is 10.2 Å². The van der Waals surface area contributed by atoms with Crippen LogP contribution in [-0.4, -0.2) is 46.8 Å². The first kappa shape index (κ1) is 28.7. The van der Waals surface area contributed by atoms with Crippen LogP contribution >= 0.6 is 23.1 Å². The molecule has 0 radical (unpaired) electrons. The minimum Gasteiger partial charge on any atom is -0.507 e. The Morgan fingerprint density at radius 1 is 1.07 bits per heavy atom. The van der Waals surface area contributed by atoms with Crippen LogP contribution < -0.4 is 19.1 Å². The van der Waals surface area contributed by atoms with Gasteiger partial charge in [0, 0.05) is 11.3 Å². The molecule has 0 spiro atoms. The Morgan fingerprint density at radius 3 is 2.65 bits per heavy atom. The molecule has 1 N–H and O–H groups in total. The van der Waals surface area contributed by atoms with Gasteiger partial charge < -0.3 is 19.3 Å². The SMILES string of the molecule is CCCOc1cccc([C@H]2C(=C(O)c3ccc4c(c3)OCCO4)C(=O)C(=O)N2c2nnc(SCc3ccc(F)cc3)s2)c1. The Kier molecular flexibility index (Phi) is 8.30. The summed E-state index contributed by atoms with van der Waals surface area (Å²) in [6.45, 7) is 3.25. The van der Waals surface area contributed by atoms with Crippen LogP contribution in [-0.2, 0) is 15.3 Å². The zero-order valence-electron chi connectivity index (χ0n) is 23.0. The first-order chi connectivity index (χ1) is 20.9. The number of hydrogen-bond acceptors (Lipinski definition) is 10. The summed E-state index contributed by atoms with van der Waals surface area (Å²) in [6.07, 6.45) is 0.802. The maximum absolute atomic E-state index is 13.6. The number of anilines is 1. The maximum Gasteiger partial charge on any atom is 0.301 e. The molecule has 1 saturated heterocycles. The number of aliphatic hydroxyl groups excluding tert-OH is 1. The van der Waals surface area contributed by atoms with Crippen molar-refractivity contribution in [2.24, 2.45) is 0 Å². The van der Waals surface area contributed by atoms with E-state index in [1.54, 1.807) is 54.6 Å². The Bertz CT molecular complexity index is 1710. The molecule has 1 aromatic heterocycles. The number of thioether (sulfide) groups is 1. The summed E-state index contributed by atoms with van der Waals surface area (Å²) in [6, 6.07) is 17.1. The summed E-state index contributed by atoms with van der Waals surface area (Å²) in [5, 5.41) is 20.2. The third-order valence-corrected chi connectivity index (χ3v) is 8.91. The van der Waals surface area contributed by atoms with E-state index in [1.807, 2.05) is 6.92 Å². The Balaban J connectivity index is 1.39. The second-order valence-corrected chi connectivity index (χ2v) is 11.9. The van der Waals surface area contributed by atoms with Crippen molar-refractivity contribution in [3.63, 3.8) is 0 Å². The molecule has 4 aromatic rings. The second-order valence-electron chi connectivity index (χ2n) is 9.71. The van der Waals surface area contributed by atoms with Gasteiger partial charge >= 0.3 is 5.91 Å². The van der Waals surface area contributed by atoms with Crippen LogP contribution in [0.15, 0.2) is 76.6 Å². The molecule has 1 amide bonds. The van der Waals surface area contributed by atoms with Gasteiger partial charge in [0.05, 0.1) is 18.2 Å². The van der Waals surface area contributed by atoms with Gasteiger partial charge in [0.15, 0.2) is 15.8 Å². The first-order valence-electron chi connectivity index (χ1n) is 13.6. The van der Waals surface area contributed by atoms with Crippen molar-refractivity contribution in [2.45, 2.75) is 29.5 Å². The smallest absolute Gasteiger partial charge is 0.301 e. The molecule has 0 saturated carbocycles. The number of benzene rings is 3. The van der Waals surface area contributed by atoms with Crippen LogP contribution in [0.5, 0.6) is 17.2 Å². The number of nitrogens with zero attached hydrogens (tertiary/aromatic N) is 3. The number of aliphatic hydroxyl groups is 1. The fraction of sp³-hybridized carbons (Fsp3) is 0.226. The van der Waals surface area contributed by atoms with Crippen molar-refractivity contribution in [1.82, 2.24) is 10.2 Å². The van der Waals surface area contributed by atoms with E-state index in [2.05, 4.69) is 10.2 Å². The van der Waals surface area contributed by atoms with Gasteiger partial charge in [-0.3, -0.25) is 14.5 Å². The number of halogens is 1. The second kappa shape index (κ2) is 12.4. The molecule has 12 heteroatoms. The van der Waals surface area contributed by atoms with E-state index in [-0.39, 0.29) is 22.3 Å². The molecule has 0 aliphatic carbocycles. The van der Waals surface area contributed by atoms with E-state index in [0.29, 0.717) is 58.3 Å². The largest absolute Gasteiger partial charge is 0.507 e. The number of hydrogen-bond donors (Lipinski definition) is 1. The number of Topliss-reactive ketones (excluding diaryl/α,β-unsaturated/α-hetero) is 1. The van der Waals surface area contributed by atoms with E-state index in [4.69, 9.17) is 14.2 Å². The molecule has 0 unspecified atom stereocenters. The molecular formula is C31H26FN3O6S2. The maximum atomic E-state index is 13.6. The molecule has 2 aliphatic rings. The normalized spacial score (nSPS) is 17.3. The number of fused-ring (bicyclic) bond motifs is 1. The van der Waals surface area contributed by atoms with Gasteiger partial charge in [-0.2, -0.15) is 0 Å². The summed E-state index contributed by atoms with van der Waals surface area (Å²) in [5.74, 6) is -0.317. The van der Waals surface area contributed by atoms with E-state index in [0.717, 1.165) is 23.3 Å². The molecule has 3 heterocycles. The fourth-order valence-electron chi connectivity index (χ4n) is 4.77. The highest BCUT2D eigenvalue weighted by atomic mass is 32.2. The lowest BCUT2D eigenvalue weighted by Gasteiger charge is -2.23. The zero-order chi connectivity index (χ0) is 29.9. The van der Waals surface area contributed by atoms with E-state index in [1.165, 1.54) is 28.8 Å². The summed E-state index contributed by atoms with van der Waals surface area (Å²) in [4.78, 5) is 28.5. The molecule has 220 valence electrons. The summed E-state index contributed by atoms with van der Waals surface area (Å²) in [7, 11) is 0. The molecule has 3 aromatic carbocycles. The van der Waals surface area contributed by atoms with Crippen molar-refractivity contribution in [2.75, 3.05) is 24.7 Å². The average molecular weight is 620 g/mol. The van der Waals surface area contributed by atoms with Gasteiger partial charge in [0.2, 0.25) is 5.13 Å². The standard InChI is InChI=1S/C31H26FN3O6S2/c1-2-12-39-22-5-3-4-19(15-22)26-25(27(36)20-8-11-23-24(16-20)41-14-13-40-23)28(37)29(38)35(26)30-33-34-31(43-30)42-17-18-6-9-21(32)10-7-18/h3-11,15-16,26,36H,2,12-14,17H2,1H3/t26-/m0/s1. The summed E-state index contributed by atoms with van der Waals surface area (Å²) < 4.78 is 30.9. The predicted octanol–water partition coefficient (Wildman–Crippen LogP) is 6.16. The summed E-state index contributed by atoms with van der Waals surface area (Å²) in [5.41, 5.74) is 1.66. The molecular weight excluding hydrogens is 593 g/mol. The summed E-state index contributed by atoms with van der Waals surface area (Å²) >= 11 is 2.53. The number of rotatable bonds is 9. The molecule has 1 atom stereocenters. The van der Waals surface area contributed by atoms with Gasteiger partial charge in [-0.05, 0) is 60.0 Å². The quantitative estimate of drug-likeness (QED) is 0.0775. The molecule has 6 rings (SSSR count). The lowest BCUT2D eigenvalue weighted by Crippen LogP contribution is -2.29. The predicted molar refractivity (Wildman–Crippen MR) is 160 cm³/mol. The fourth-order valence-corrected chi connectivity index (χ4v) is 6.59. The van der Waals surface area contributed by atoms with Crippen molar-refractivity contribution in [1.29, 1.82) is 0 Å². The Hall–Kier alpha value is -4.42. The first-order valence-corrected chi connectivity index (χ1v) is 15.4. The molecule has 2 aliphatic heterocycles. The number of amides is 1. The van der Waals surface area contributed by atoms with Gasteiger partial charge in [-0.1, -0.05) is 54.3 Å². The number of ether oxygens (including phenoxy) is 3. The highest BCUT2D eigenvalue weighted by molar-refractivity contribution is 8.00. The molecule has 1 fully saturated rings. The number of ketones is 1. The lowest BCUT2D eigenvalue weighted by atomic mass is 9.95. The monoisotopic (exact) mass is 619 g/mol. The van der Waals surface area contributed by atoms with Crippen molar-refractivity contribution >= 4 is 45.7 Å². The minimum atomic E-state index is -0.999. The third-order valence-electron chi connectivity index (χ3n) is 6.78. The third kappa shape index (κ3) is 5.93.